The molecule has 3 aromatic heterocycles. The lowest BCUT2D eigenvalue weighted by molar-refractivity contribution is -0.118. The van der Waals surface area contributed by atoms with Gasteiger partial charge in [-0.15, -0.1) is 0 Å². The zero-order chi connectivity index (χ0) is 19.5. The maximum Gasteiger partial charge on any atom is 0.237 e. The minimum absolute atomic E-state index is 0.126. The van der Waals surface area contributed by atoms with Crippen LogP contribution in [-0.2, 0) is 11.3 Å². The van der Waals surface area contributed by atoms with Crippen LogP contribution < -0.4 is 15.4 Å². The lowest BCUT2D eigenvalue weighted by atomic mass is 9.98. The fraction of sp³-hybridized carbons (Fsp3) is 0.400. The third kappa shape index (κ3) is 4.05. The summed E-state index contributed by atoms with van der Waals surface area (Å²) in [6.07, 6.45) is 7.46. The van der Waals surface area contributed by atoms with Crippen LogP contribution in [0, 0.1) is 12.8 Å². The predicted octanol–water partition coefficient (Wildman–Crippen LogP) is 1.92. The van der Waals surface area contributed by atoms with Gasteiger partial charge in [0.1, 0.15) is 29.6 Å². The molecule has 0 unspecified atom stereocenters. The van der Waals surface area contributed by atoms with Gasteiger partial charge in [0.15, 0.2) is 0 Å². The fourth-order valence-electron chi connectivity index (χ4n) is 3.59. The van der Waals surface area contributed by atoms with Gasteiger partial charge in [-0.3, -0.25) is 4.79 Å². The normalized spacial score (nSPS) is 15.1. The molecule has 2 N–H and O–H groups in total. The smallest absolute Gasteiger partial charge is 0.237 e. The molecule has 0 aliphatic carbocycles. The van der Waals surface area contributed by atoms with E-state index in [9.17, 15) is 4.79 Å². The second-order valence-electron chi connectivity index (χ2n) is 7.20. The van der Waals surface area contributed by atoms with Crippen molar-refractivity contribution in [3.05, 3.63) is 42.6 Å². The molecule has 4 rings (SSSR count). The lowest BCUT2D eigenvalue weighted by Gasteiger charge is -2.32. The minimum Gasteiger partial charge on any atom is -0.492 e. The molecule has 8 nitrogen and oxygen atoms in total. The van der Waals surface area contributed by atoms with Gasteiger partial charge in [0.2, 0.25) is 5.91 Å². The molecule has 1 saturated heterocycles. The van der Waals surface area contributed by atoms with Crippen molar-refractivity contribution in [2.24, 2.45) is 11.7 Å². The first-order valence-corrected chi connectivity index (χ1v) is 9.49. The Bertz CT molecular complexity index is 978. The van der Waals surface area contributed by atoms with Crippen LogP contribution in [0.2, 0.25) is 0 Å². The number of anilines is 1. The quantitative estimate of drug-likeness (QED) is 0.701. The molecular weight excluding hydrogens is 356 g/mol. The van der Waals surface area contributed by atoms with Gasteiger partial charge < -0.3 is 19.9 Å². The zero-order valence-corrected chi connectivity index (χ0v) is 15.9. The van der Waals surface area contributed by atoms with Gasteiger partial charge in [-0.05, 0) is 43.9 Å². The van der Waals surface area contributed by atoms with E-state index < -0.39 is 0 Å². The van der Waals surface area contributed by atoms with Crippen LogP contribution in [0.4, 0.5) is 5.82 Å². The van der Waals surface area contributed by atoms with Gasteiger partial charge in [0, 0.05) is 30.9 Å². The first kappa shape index (κ1) is 18.2. The number of fused-ring (bicyclic) bond motifs is 1. The molecule has 28 heavy (non-hydrogen) atoms. The van der Waals surface area contributed by atoms with Crippen LogP contribution in [0.3, 0.4) is 0 Å². The Balaban J connectivity index is 1.32. The summed E-state index contributed by atoms with van der Waals surface area (Å²) in [5.74, 6) is 2.67. The summed E-state index contributed by atoms with van der Waals surface area (Å²) in [5.41, 5.74) is 6.00. The van der Waals surface area contributed by atoms with Crippen molar-refractivity contribution in [2.75, 3.05) is 24.6 Å². The number of carbonyl (C=O) groups excluding carboxylic acids is 1. The van der Waals surface area contributed by atoms with Gasteiger partial charge in [0.05, 0.1) is 12.8 Å². The van der Waals surface area contributed by atoms with Crippen LogP contribution in [-0.4, -0.2) is 45.1 Å². The molecule has 146 valence electrons. The van der Waals surface area contributed by atoms with Crippen LogP contribution in [0.15, 0.2) is 36.8 Å². The van der Waals surface area contributed by atoms with Crippen LogP contribution in [0.25, 0.3) is 11.0 Å². The molecule has 3 aromatic rings. The molecule has 8 heteroatoms. The molecular formula is C20H24N6O2. The number of aryl methyl sites for hydroxylation is 1. The standard InChI is InChI=1S/C20H24N6O2/c1-14-22-6-2-19(24-14)25-7-3-15(4-8-25)13-28-17-10-16-5-9-26(12-18(21)27)20(16)23-11-17/h2,5-6,9-11,15H,3-4,7-8,12-13H2,1H3,(H2,21,27). The molecule has 0 saturated carbocycles. The molecule has 0 bridgehead atoms. The van der Waals surface area contributed by atoms with E-state index in [0.29, 0.717) is 12.5 Å². The fourth-order valence-corrected chi connectivity index (χ4v) is 3.59. The van der Waals surface area contributed by atoms with Crippen molar-refractivity contribution in [1.29, 1.82) is 0 Å². The van der Waals surface area contributed by atoms with E-state index in [2.05, 4.69) is 19.9 Å². The maximum atomic E-state index is 11.1. The van der Waals surface area contributed by atoms with Crippen molar-refractivity contribution in [3.8, 4) is 5.75 Å². The second-order valence-corrected chi connectivity index (χ2v) is 7.20. The zero-order valence-electron chi connectivity index (χ0n) is 15.9. The summed E-state index contributed by atoms with van der Waals surface area (Å²) in [7, 11) is 0. The van der Waals surface area contributed by atoms with E-state index in [1.807, 2.05) is 37.5 Å². The summed E-state index contributed by atoms with van der Waals surface area (Å²) >= 11 is 0. The van der Waals surface area contributed by atoms with Crippen molar-refractivity contribution >= 4 is 22.8 Å². The van der Waals surface area contributed by atoms with Gasteiger partial charge >= 0.3 is 0 Å². The molecule has 0 radical (unpaired) electrons. The average Bonchev–Trinajstić information content (AvgIpc) is 3.08. The Morgan fingerprint density at radius 2 is 2.11 bits per heavy atom. The third-order valence-corrected chi connectivity index (χ3v) is 5.09. The number of nitrogens with zero attached hydrogens (tertiary/aromatic N) is 5. The predicted molar refractivity (Wildman–Crippen MR) is 106 cm³/mol. The number of amides is 1. The number of carbonyl (C=O) groups is 1. The molecule has 0 spiro atoms. The SMILES string of the molecule is Cc1nccc(N2CCC(COc3cnc4c(ccn4CC(N)=O)c3)CC2)n1. The number of rotatable bonds is 6. The Morgan fingerprint density at radius 1 is 1.29 bits per heavy atom. The van der Waals surface area contributed by atoms with Crippen molar-refractivity contribution < 1.29 is 9.53 Å². The first-order valence-electron chi connectivity index (χ1n) is 9.49. The van der Waals surface area contributed by atoms with Crippen molar-refractivity contribution in [2.45, 2.75) is 26.3 Å². The monoisotopic (exact) mass is 380 g/mol. The van der Waals surface area contributed by atoms with Gasteiger partial charge in [-0.25, -0.2) is 15.0 Å². The molecule has 0 atom stereocenters. The van der Waals surface area contributed by atoms with E-state index in [0.717, 1.165) is 54.4 Å². The molecule has 1 aliphatic rings. The highest BCUT2D eigenvalue weighted by atomic mass is 16.5. The first-order chi connectivity index (χ1) is 13.6. The molecule has 0 aromatic carbocycles. The summed E-state index contributed by atoms with van der Waals surface area (Å²) in [6, 6.07) is 5.84. The number of hydrogen-bond acceptors (Lipinski definition) is 6. The Kier molecular flexibility index (Phi) is 5.10. The van der Waals surface area contributed by atoms with Crippen LogP contribution in [0.1, 0.15) is 18.7 Å². The maximum absolute atomic E-state index is 11.1. The number of ether oxygens (including phenoxy) is 1. The molecule has 1 fully saturated rings. The number of aromatic nitrogens is 4. The van der Waals surface area contributed by atoms with E-state index in [-0.39, 0.29) is 12.5 Å². The number of piperidine rings is 1. The average molecular weight is 380 g/mol. The van der Waals surface area contributed by atoms with Gasteiger partial charge in [0.25, 0.3) is 0 Å². The van der Waals surface area contributed by atoms with E-state index in [1.54, 1.807) is 10.8 Å². The van der Waals surface area contributed by atoms with E-state index in [4.69, 9.17) is 10.5 Å². The molecule has 1 aliphatic heterocycles. The van der Waals surface area contributed by atoms with Crippen LogP contribution >= 0.6 is 0 Å². The topological polar surface area (TPSA) is 99.2 Å². The highest BCUT2D eigenvalue weighted by Gasteiger charge is 2.21. The number of primary amides is 1. The Morgan fingerprint density at radius 3 is 2.86 bits per heavy atom. The van der Waals surface area contributed by atoms with Crippen molar-refractivity contribution in [1.82, 2.24) is 19.5 Å². The lowest BCUT2D eigenvalue weighted by Crippen LogP contribution is -2.36. The van der Waals surface area contributed by atoms with Crippen LogP contribution in [0.5, 0.6) is 5.75 Å². The highest BCUT2D eigenvalue weighted by Crippen LogP contribution is 2.24. The minimum atomic E-state index is -0.386. The summed E-state index contributed by atoms with van der Waals surface area (Å²) in [4.78, 5) is 26.5. The summed E-state index contributed by atoms with van der Waals surface area (Å²) in [5, 5.41) is 0.938. The van der Waals surface area contributed by atoms with Gasteiger partial charge in [-0.1, -0.05) is 0 Å². The number of hydrogen-bond donors (Lipinski definition) is 1. The summed E-state index contributed by atoms with van der Waals surface area (Å²) < 4.78 is 7.74. The largest absolute Gasteiger partial charge is 0.492 e. The third-order valence-electron chi connectivity index (χ3n) is 5.09. The molecule has 4 heterocycles. The number of nitrogens with two attached hydrogens (primary N) is 1. The van der Waals surface area contributed by atoms with E-state index in [1.165, 1.54) is 0 Å². The van der Waals surface area contributed by atoms with Gasteiger partial charge in [-0.2, -0.15) is 0 Å². The highest BCUT2D eigenvalue weighted by molar-refractivity contribution is 5.80. The molecule has 1 amide bonds. The summed E-state index contributed by atoms with van der Waals surface area (Å²) in [6.45, 7) is 4.65. The van der Waals surface area contributed by atoms with Crippen molar-refractivity contribution in [3.63, 3.8) is 0 Å². The Labute approximate surface area is 163 Å². The Hall–Kier alpha value is -3.16. The second kappa shape index (κ2) is 7.84. The number of pyridine rings is 1. The van der Waals surface area contributed by atoms with E-state index >= 15 is 0 Å².